The molecule has 2 aromatic heterocycles. The first kappa shape index (κ1) is 15.4. The standard InChI is InChI=1S/C18H25N3OS/c1-13-3-6-16(23-13)9-20-8-15(12-22-2)17-10-21(7-14-4-5-14)19-18(17)11-20/h3,6,10,14-15H,4-5,7-9,11-12H2,1-2H3. The van der Waals surface area contributed by atoms with Crippen LogP contribution in [0.25, 0.3) is 0 Å². The molecule has 0 aromatic carbocycles. The number of hydrogen-bond donors (Lipinski definition) is 0. The Labute approximate surface area is 142 Å². The molecule has 1 unspecified atom stereocenters. The summed E-state index contributed by atoms with van der Waals surface area (Å²) in [6.45, 7) is 7.10. The summed E-state index contributed by atoms with van der Waals surface area (Å²) in [5.41, 5.74) is 2.67. The first-order chi connectivity index (χ1) is 11.2. The molecule has 0 N–H and O–H groups in total. The van der Waals surface area contributed by atoms with Crippen molar-refractivity contribution >= 4 is 11.3 Å². The molecular weight excluding hydrogens is 306 g/mol. The van der Waals surface area contributed by atoms with Crippen molar-refractivity contribution in [2.75, 3.05) is 20.3 Å². The fraction of sp³-hybridized carbons (Fsp3) is 0.611. The van der Waals surface area contributed by atoms with E-state index in [0.717, 1.165) is 38.7 Å². The van der Waals surface area contributed by atoms with Gasteiger partial charge in [0, 0.05) is 60.7 Å². The molecule has 0 radical (unpaired) electrons. The maximum absolute atomic E-state index is 5.48. The molecule has 124 valence electrons. The lowest BCUT2D eigenvalue weighted by atomic mass is 9.95. The maximum atomic E-state index is 5.48. The molecule has 1 atom stereocenters. The summed E-state index contributed by atoms with van der Waals surface area (Å²) in [6.07, 6.45) is 5.02. The van der Waals surface area contributed by atoms with Crippen LogP contribution in [0.1, 0.15) is 39.8 Å². The average molecular weight is 331 g/mol. The van der Waals surface area contributed by atoms with Gasteiger partial charge in [0.15, 0.2) is 0 Å². The van der Waals surface area contributed by atoms with Crippen molar-refractivity contribution in [3.63, 3.8) is 0 Å². The van der Waals surface area contributed by atoms with Gasteiger partial charge in [-0.05, 0) is 37.8 Å². The van der Waals surface area contributed by atoms with Crippen molar-refractivity contribution in [1.29, 1.82) is 0 Å². The Morgan fingerprint density at radius 2 is 2.22 bits per heavy atom. The molecule has 23 heavy (non-hydrogen) atoms. The zero-order chi connectivity index (χ0) is 15.8. The summed E-state index contributed by atoms with van der Waals surface area (Å²) < 4.78 is 7.67. The van der Waals surface area contributed by atoms with Crippen LogP contribution < -0.4 is 0 Å². The van der Waals surface area contributed by atoms with Crippen molar-refractivity contribution in [3.05, 3.63) is 39.3 Å². The van der Waals surface area contributed by atoms with Crippen molar-refractivity contribution in [2.45, 2.75) is 45.3 Å². The lowest BCUT2D eigenvalue weighted by Crippen LogP contribution is -2.34. The largest absolute Gasteiger partial charge is 0.384 e. The summed E-state index contributed by atoms with van der Waals surface area (Å²) in [5.74, 6) is 1.31. The second kappa shape index (κ2) is 6.38. The third-order valence-corrected chi connectivity index (χ3v) is 5.83. The van der Waals surface area contributed by atoms with Gasteiger partial charge in [-0.3, -0.25) is 9.58 Å². The molecule has 1 aliphatic carbocycles. The number of thiophene rings is 1. The van der Waals surface area contributed by atoms with Gasteiger partial charge in [0.2, 0.25) is 0 Å². The summed E-state index contributed by atoms with van der Waals surface area (Å²) in [5, 5.41) is 4.88. The topological polar surface area (TPSA) is 30.3 Å². The van der Waals surface area contributed by atoms with Crippen LogP contribution in [-0.4, -0.2) is 34.9 Å². The second-order valence-corrected chi connectivity index (χ2v) is 8.40. The normalized spacial score (nSPS) is 21.6. The van der Waals surface area contributed by atoms with Crippen molar-refractivity contribution in [2.24, 2.45) is 5.92 Å². The molecule has 2 aromatic rings. The van der Waals surface area contributed by atoms with Gasteiger partial charge in [-0.1, -0.05) is 0 Å². The van der Waals surface area contributed by atoms with Crippen LogP contribution in [0.5, 0.6) is 0 Å². The Kier molecular flexibility index (Phi) is 4.26. The van der Waals surface area contributed by atoms with Crippen LogP contribution in [0, 0.1) is 12.8 Å². The minimum Gasteiger partial charge on any atom is -0.384 e. The van der Waals surface area contributed by atoms with Gasteiger partial charge in [-0.25, -0.2) is 0 Å². The Morgan fingerprint density at radius 1 is 1.35 bits per heavy atom. The molecule has 1 fully saturated rings. The molecule has 0 amide bonds. The highest BCUT2D eigenvalue weighted by Gasteiger charge is 2.30. The van der Waals surface area contributed by atoms with Gasteiger partial charge < -0.3 is 4.74 Å². The zero-order valence-corrected chi connectivity index (χ0v) is 14.8. The fourth-order valence-corrected chi connectivity index (χ4v) is 4.47. The monoisotopic (exact) mass is 331 g/mol. The SMILES string of the molecule is COCC1CN(Cc2ccc(C)s2)Cc2nn(CC3CC3)cc21. The Bertz CT molecular complexity index is 674. The number of hydrogen-bond acceptors (Lipinski definition) is 4. The average Bonchev–Trinajstić information content (AvgIpc) is 3.08. The molecule has 4 rings (SSSR count). The van der Waals surface area contributed by atoms with Crippen LogP contribution in [0.3, 0.4) is 0 Å². The van der Waals surface area contributed by atoms with E-state index in [4.69, 9.17) is 9.84 Å². The van der Waals surface area contributed by atoms with E-state index in [9.17, 15) is 0 Å². The van der Waals surface area contributed by atoms with E-state index < -0.39 is 0 Å². The van der Waals surface area contributed by atoms with Gasteiger partial charge in [0.25, 0.3) is 0 Å². The van der Waals surface area contributed by atoms with E-state index in [1.807, 2.05) is 11.3 Å². The number of rotatable bonds is 6. The smallest absolute Gasteiger partial charge is 0.0801 e. The summed E-state index contributed by atoms with van der Waals surface area (Å²) in [7, 11) is 1.80. The Balaban J connectivity index is 1.52. The predicted octanol–water partition coefficient (Wildman–Crippen LogP) is 3.41. The van der Waals surface area contributed by atoms with Crippen molar-refractivity contribution in [1.82, 2.24) is 14.7 Å². The van der Waals surface area contributed by atoms with Crippen LogP contribution in [0.15, 0.2) is 18.3 Å². The number of fused-ring (bicyclic) bond motifs is 1. The van der Waals surface area contributed by atoms with Gasteiger partial charge >= 0.3 is 0 Å². The number of methoxy groups -OCH3 is 1. The minimum atomic E-state index is 0.442. The number of aryl methyl sites for hydroxylation is 1. The molecule has 3 heterocycles. The van der Waals surface area contributed by atoms with Crippen LogP contribution in [0.4, 0.5) is 0 Å². The number of aromatic nitrogens is 2. The van der Waals surface area contributed by atoms with Gasteiger partial charge in [-0.15, -0.1) is 11.3 Å². The highest BCUT2D eigenvalue weighted by Crippen LogP contribution is 2.33. The maximum Gasteiger partial charge on any atom is 0.0801 e. The highest BCUT2D eigenvalue weighted by molar-refractivity contribution is 7.11. The van der Waals surface area contributed by atoms with E-state index >= 15 is 0 Å². The quantitative estimate of drug-likeness (QED) is 0.812. The third kappa shape index (κ3) is 3.52. The third-order valence-electron chi connectivity index (χ3n) is 4.85. The number of nitrogens with zero attached hydrogens (tertiary/aromatic N) is 3. The van der Waals surface area contributed by atoms with Crippen LogP contribution >= 0.6 is 11.3 Å². The van der Waals surface area contributed by atoms with E-state index in [1.54, 1.807) is 7.11 Å². The molecule has 4 nitrogen and oxygen atoms in total. The molecule has 0 spiro atoms. The molecule has 0 bridgehead atoms. The summed E-state index contributed by atoms with van der Waals surface area (Å²) in [4.78, 5) is 5.35. The fourth-order valence-electron chi connectivity index (χ4n) is 3.54. The predicted molar refractivity (Wildman–Crippen MR) is 92.7 cm³/mol. The molecule has 1 saturated carbocycles. The van der Waals surface area contributed by atoms with Gasteiger partial charge in [-0.2, -0.15) is 5.10 Å². The van der Waals surface area contributed by atoms with E-state index in [-0.39, 0.29) is 0 Å². The Morgan fingerprint density at radius 3 is 2.91 bits per heavy atom. The van der Waals surface area contributed by atoms with E-state index in [0.29, 0.717) is 5.92 Å². The minimum absolute atomic E-state index is 0.442. The summed E-state index contributed by atoms with van der Waals surface area (Å²) in [6, 6.07) is 4.47. The van der Waals surface area contributed by atoms with Crippen molar-refractivity contribution in [3.8, 4) is 0 Å². The second-order valence-electron chi connectivity index (χ2n) is 7.03. The number of ether oxygens (including phenoxy) is 1. The molecule has 1 aliphatic heterocycles. The first-order valence-electron chi connectivity index (χ1n) is 8.54. The molecular formula is C18H25N3OS. The summed E-state index contributed by atoms with van der Waals surface area (Å²) >= 11 is 1.90. The lowest BCUT2D eigenvalue weighted by molar-refractivity contribution is 0.136. The van der Waals surface area contributed by atoms with Gasteiger partial charge in [0.1, 0.15) is 0 Å². The van der Waals surface area contributed by atoms with Crippen LogP contribution in [-0.2, 0) is 24.4 Å². The zero-order valence-electron chi connectivity index (χ0n) is 14.0. The first-order valence-corrected chi connectivity index (χ1v) is 9.35. The van der Waals surface area contributed by atoms with E-state index in [2.05, 4.69) is 34.8 Å². The lowest BCUT2D eigenvalue weighted by Gasteiger charge is -2.31. The molecule has 0 saturated heterocycles. The Hall–Kier alpha value is -1.17. The molecule has 2 aliphatic rings. The highest BCUT2D eigenvalue weighted by atomic mass is 32.1. The van der Waals surface area contributed by atoms with Crippen LogP contribution in [0.2, 0.25) is 0 Å². The van der Waals surface area contributed by atoms with Crippen molar-refractivity contribution < 1.29 is 4.74 Å². The molecule has 5 heteroatoms. The van der Waals surface area contributed by atoms with Gasteiger partial charge in [0.05, 0.1) is 12.3 Å². The van der Waals surface area contributed by atoms with E-state index in [1.165, 1.54) is 33.9 Å².